The highest BCUT2D eigenvalue weighted by atomic mass is 35.5. The maximum absolute atomic E-state index is 5.88. The molecule has 0 bridgehead atoms. The fraction of sp³-hybridized carbons (Fsp3) is 0.267. The second-order valence-corrected chi connectivity index (χ2v) is 5.09. The van der Waals surface area contributed by atoms with Crippen LogP contribution in [0, 0.1) is 6.92 Å². The molecule has 4 nitrogen and oxygen atoms in total. The van der Waals surface area contributed by atoms with Crippen LogP contribution in [0.1, 0.15) is 17.1 Å². The lowest BCUT2D eigenvalue weighted by Crippen LogP contribution is -2.07. The number of aromatic nitrogens is 4. The van der Waals surface area contributed by atoms with Crippen LogP contribution in [-0.4, -0.2) is 25.4 Å². The highest BCUT2D eigenvalue weighted by molar-refractivity contribution is 6.17. The molecule has 102 valence electrons. The van der Waals surface area contributed by atoms with Crippen molar-refractivity contribution in [3.63, 3.8) is 0 Å². The van der Waals surface area contributed by atoms with Gasteiger partial charge in [-0.2, -0.15) is 0 Å². The summed E-state index contributed by atoms with van der Waals surface area (Å²) in [6.45, 7) is 2.70. The molecule has 0 amide bonds. The number of halogens is 1. The first kappa shape index (κ1) is 13.1. The number of alkyl halides is 1. The Kier molecular flexibility index (Phi) is 3.65. The quantitative estimate of drug-likeness (QED) is 0.693. The standard InChI is InChI=1S/C15H15ClN4/c1-11-4-5-13-15(18-11)20(14(19-13)6-7-16)10-12-3-2-8-17-9-12/h2-5,8-9H,6-7,10H2,1H3. The molecule has 0 radical (unpaired) electrons. The van der Waals surface area contributed by atoms with Crippen molar-refractivity contribution in [1.29, 1.82) is 0 Å². The smallest absolute Gasteiger partial charge is 0.160 e. The molecule has 0 aliphatic carbocycles. The number of hydrogen-bond donors (Lipinski definition) is 0. The van der Waals surface area contributed by atoms with E-state index >= 15 is 0 Å². The summed E-state index contributed by atoms with van der Waals surface area (Å²) in [5.74, 6) is 1.52. The molecule has 3 heterocycles. The lowest BCUT2D eigenvalue weighted by molar-refractivity contribution is 0.744. The Labute approximate surface area is 122 Å². The third kappa shape index (κ3) is 2.51. The third-order valence-electron chi connectivity index (χ3n) is 3.19. The van der Waals surface area contributed by atoms with Crippen molar-refractivity contribution in [3.8, 4) is 0 Å². The van der Waals surface area contributed by atoms with Gasteiger partial charge >= 0.3 is 0 Å². The minimum atomic E-state index is 0.551. The maximum atomic E-state index is 5.88. The first-order valence-electron chi connectivity index (χ1n) is 6.55. The predicted octanol–water partition coefficient (Wildman–Crippen LogP) is 2.96. The summed E-state index contributed by atoms with van der Waals surface area (Å²) in [5.41, 5.74) is 3.95. The molecule has 3 aromatic rings. The summed E-state index contributed by atoms with van der Waals surface area (Å²) in [6, 6.07) is 7.98. The lowest BCUT2D eigenvalue weighted by Gasteiger charge is -2.08. The second kappa shape index (κ2) is 5.59. The Morgan fingerprint density at radius 3 is 2.85 bits per heavy atom. The van der Waals surface area contributed by atoms with Crippen molar-refractivity contribution in [2.24, 2.45) is 0 Å². The fourth-order valence-corrected chi connectivity index (χ4v) is 2.43. The van der Waals surface area contributed by atoms with E-state index in [2.05, 4.69) is 25.6 Å². The lowest BCUT2D eigenvalue weighted by atomic mass is 10.3. The summed E-state index contributed by atoms with van der Waals surface area (Å²) < 4.78 is 2.13. The Hall–Kier alpha value is -1.94. The van der Waals surface area contributed by atoms with Crippen molar-refractivity contribution < 1.29 is 0 Å². The van der Waals surface area contributed by atoms with Gasteiger partial charge < -0.3 is 4.57 Å². The second-order valence-electron chi connectivity index (χ2n) is 4.71. The molecule has 3 aromatic heterocycles. The van der Waals surface area contributed by atoms with E-state index in [9.17, 15) is 0 Å². The van der Waals surface area contributed by atoms with Crippen LogP contribution >= 0.6 is 11.6 Å². The first-order chi connectivity index (χ1) is 9.78. The average molecular weight is 287 g/mol. The molecule has 0 N–H and O–H groups in total. The highest BCUT2D eigenvalue weighted by Gasteiger charge is 2.12. The van der Waals surface area contributed by atoms with Crippen molar-refractivity contribution >= 4 is 22.8 Å². The summed E-state index contributed by atoms with van der Waals surface area (Å²) >= 11 is 5.88. The molecule has 0 aromatic carbocycles. The SMILES string of the molecule is Cc1ccc2nc(CCCl)n(Cc3cccnc3)c2n1. The van der Waals surface area contributed by atoms with E-state index < -0.39 is 0 Å². The van der Waals surface area contributed by atoms with Crippen molar-refractivity contribution in [2.45, 2.75) is 19.9 Å². The van der Waals surface area contributed by atoms with Crippen LogP contribution in [0.4, 0.5) is 0 Å². The Morgan fingerprint density at radius 2 is 2.10 bits per heavy atom. The van der Waals surface area contributed by atoms with Crippen molar-refractivity contribution in [1.82, 2.24) is 19.5 Å². The van der Waals surface area contributed by atoms with E-state index in [1.165, 1.54) is 0 Å². The van der Waals surface area contributed by atoms with Crippen molar-refractivity contribution in [2.75, 3.05) is 5.88 Å². The number of aryl methyl sites for hydroxylation is 2. The van der Waals surface area contributed by atoms with Crippen LogP contribution in [-0.2, 0) is 13.0 Å². The zero-order chi connectivity index (χ0) is 13.9. The third-order valence-corrected chi connectivity index (χ3v) is 3.38. The van der Waals surface area contributed by atoms with Gasteiger partial charge in [0, 0.05) is 30.4 Å². The minimum absolute atomic E-state index is 0.551. The molecule has 0 atom stereocenters. The number of imidazole rings is 1. The van der Waals surface area contributed by atoms with Gasteiger partial charge in [0.25, 0.3) is 0 Å². The van der Waals surface area contributed by atoms with Crippen molar-refractivity contribution in [3.05, 3.63) is 53.7 Å². The zero-order valence-electron chi connectivity index (χ0n) is 11.3. The van der Waals surface area contributed by atoms with Gasteiger partial charge in [0.05, 0.1) is 6.54 Å². The molecule has 3 rings (SSSR count). The molecule has 0 aliphatic rings. The van der Waals surface area contributed by atoms with E-state index in [0.29, 0.717) is 12.4 Å². The molecule has 0 saturated heterocycles. The normalized spacial score (nSPS) is 11.1. The summed E-state index contributed by atoms with van der Waals surface area (Å²) in [7, 11) is 0. The monoisotopic (exact) mass is 286 g/mol. The van der Waals surface area contributed by atoms with E-state index in [0.717, 1.165) is 34.7 Å². The summed E-state index contributed by atoms with van der Waals surface area (Å²) in [5, 5.41) is 0. The first-order valence-corrected chi connectivity index (χ1v) is 7.09. The van der Waals surface area contributed by atoms with Crippen LogP contribution < -0.4 is 0 Å². The van der Waals surface area contributed by atoms with Gasteiger partial charge in [0.1, 0.15) is 11.3 Å². The minimum Gasteiger partial charge on any atom is -0.308 e. The molecule has 0 fully saturated rings. The molecular formula is C15H15ClN4. The van der Waals surface area contributed by atoms with Gasteiger partial charge in [0.15, 0.2) is 5.65 Å². The van der Waals surface area contributed by atoms with Gasteiger partial charge in [-0.15, -0.1) is 11.6 Å². The number of hydrogen-bond acceptors (Lipinski definition) is 3. The molecular weight excluding hydrogens is 272 g/mol. The molecule has 0 spiro atoms. The highest BCUT2D eigenvalue weighted by Crippen LogP contribution is 2.17. The number of rotatable bonds is 4. The molecule has 20 heavy (non-hydrogen) atoms. The topological polar surface area (TPSA) is 43.6 Å². The van der Waals surface area contributed by atoms with E-state index in [4.69, 9.17) is 11.6 Å². The van der Waals surface area contributed by atoms with Gasteiger partial charge in [-0.05, 0) is 30.7 Å². The van der Waals surface area contributed by atoms with Crippen LogP contribution in [0.15, 0.2) is 36.7 Å². The Balaban J connectivity index is 2.10. The molecule has 0 aliphatic heterocycles. The molecule has 0 saturated carbocycles. The molecule has 0 unspecified atom stereocenters. The van der Waals surface area contributed by atoms with E-state index in [-0.39, 0.29) is 0 Å². The van der Waals surface area contributed by atoms with Crippen LogP contribution in [0.25, 0.3) is 11.2 Å². The fourth-order valence-electron chi connectivity index (χ4n) is 2.26. The van der Waals surface area contributed by atoms with Crippen LogP contribution in [0.3, 0.4) is 0 Å². The van der Waals surface area contributed by atoms with Gasteiger partial charge in [0.2, 0.25) is 0 Å². The Bertz CT molecular complexity index is 721. The largest absolute Gasteiger partial charge is 0.308 e. The van der Waals surface area contributed by atoms with Crippen LogP contribution in [0.2, 0.25) is 0 Å². The average Bonchev–Trinajstić information content (AvgIpc) is 2.78. The van der Waals surface area contributed by atoms with E-state index in [1.807, 2.05) is 31.3 Å². The van der Waals surface area contributed by atoms with Gasteiger partial charge in [-0.3, -0.25) is 4.98 Å². The zero-order valence-corrected chi connectivity index (χ0v) is 12.0. The number of pyridine rings is 2. The summed E-state index contributed by atoms with van der Waals surface area (Å²) in [6.07, 6.45) is 4.38. The maximum Gasteiger partial charge on any atom is 0.160 e. The summed E-state index contributed by atoms with van der Waals surface area (Å²) in [4.78, 5) is 13.4. The van der Waals surface area contributed by atoms with Gasteiger partial charge in [-0.25, -0.2) is 9.97 Å². The van der Waals surface area contributed by atoms with E-state index in [1.54, 1.807) is 6.20 Å². The predicted molar refractivity (Wildman–Crippen MR) is 80.0 cm³/mol. The number of fused-ring (bicyclic) bond motifs is 1. The Morgan fingerprint density at radius 1 is 1.20 bits per heavy atom. The van der Waals surface area contributed by atoms with Gasteiger partial charge in [-0.1, -0.05) is 6.07 Å². The van der Waals surface area contributed by atoms with Crippen LogP contribution in [0.5, 0.6) is 0 Å². The number of nitrogens with zero attached hydrogens (tertiary/aromatic N) is 4. The molecule has 5 heteroatoms.